The summed E-state index contributed by atoms with van der Waals surface area (Å²) in [5.41, 5.74) is 2.20. The van der Waals surface area contributed by atoms with Gasteiger partial charge in [0.15, 0.2) is 0 Å². The topological polar surface area (TPSA) is 27.0 Å². The highest BCUT2D eigenvalue weighted by Crippen LogP contribution is 2.51. The van der Waals surface area contributed by atoms with E-state index in [1.807, 2.05) is 29.6 Å². The second kappa shape index (κ2) is 6.93. The van der Waals surface area contributed by atoms with Gasteiger partial charge >= 0.3 is 0 Å². The summed E-state index contributed by atoms with van der Waals surface area (Å²) in [5.74, 6) is 1.05. The molecule has 0 unspecified atom stereocenters. The summed E-state index contributed by atoms with van der Waals surface area (Å²) in [6, 6.07) is 12.9. The molecule has 0 amide bonds. The first kappa shape index (κ1) is 14.4. The summed E-state index contributed by atoms with van der Waals surface area (Å²) in [4.78, 5) is 2.14. The van der Waals surface area contributed by atoms with Gasteiger partial charge in [0.2, 0.25) is 0 Å². The van der Waals surface area contributed by atoms with Crippen LogP contribution < -0.4 is 0 Å². The number of benzene rings is 1. The van der Waals surface area contributed by atoms with Gasteiger partial charge in [-0.05, 0) is 19.4 Å². The Labute approximate surface area is 123 Å². The van der Waals surface area contributed by atoms with Gasteiger partial charge in [-0.3, -0.25) is 0 Å². The number of allylic oxidation sites excluding steroid dienone is 1. The molecule has 1 aromatic carbocycles. The number of rotatable bonds is 4. The van der Waals surface area contributed by atoms with Crippen molar-refractivity contribution in [3.05, 3.63) is 45.8 Å². The zero-order chi connectivity index (χ0) is 13.7. The van der Waals surface area contributed by atoms with Gasteiger partial charge < -0.3 is 4.90 Å². The van der Waals surface area contributed by atoms with Crippen LogP contribution in [0.3, 0.4) is 0 Å². The smallest absolute Gasteiger partial charge is 0.136 e. The molecule has 1 fully saturated rings. The van der Waals surface area contributed by atoms with Crippen molar-refractivity contribution in [2.45, 2.75) is 19.1 Å². The molecule has 0 radical (unpaired) electrons. The first-order valence-corrected chi connectivity index (χ1v) is 8.40. The van der Waals surface area contributed by atoms with E-state index in [4.69, 9.17) is 0 Å². The first-order chi connectivity index (χ1) is 9.30. The van der Waals surface area contributed by atoms with Crippen molar-refractivity contribution in [3.8, 4) is 6.07 Å². The van der Waals surface area contributed by atoms with Crippen LogP contribution in [0, 0.1) is 11.3 Å². The number of thioether (sulfide) groups is 2. The lowest BCUT2D eigenvalue weighted by Gasteiger charge is -2.20. The average molecular weight is 290 g/mol. The lowest BCUT2D eigenvalue weighted by Crippen LogP contribution is -2.21. The molecule has 0 bridgehead atoms. The minimum Gasteiger partial charge on any atom is -0.362 e. The Bertz CT molecular complexity index is 487. The van der Waals surface area contributed by atoms with Crippen molar-refractivity contribution in [3.63, 3.8) is 0 Å². The normalized spacial score (nSPS) is 21.0. The van der Waals surface area contributed by atoms with E-state index < -0.39 is 0 Å². The molecule has 0 spiro atoms. The highest BCUT2D eigenvalue weighted by molar-refractivity contribution is 8.25. The van der Waals surface area contributed by atoms with Gasteiger partial charge in [-0.15, -0.1) is 23.5 Å². The Morgan fingerprint density at radius 2 is 2.00 bits per heavy atom. The van der Waals surface area contributed by atoms with Gasteiger partial charge in [0, 0.05) is 24.1 Å². The van der Waals surface area contributed by atoms with Crippen LogP contribution in [0.1, 0.15) is 24.7 Å². The van der Waals surface area contributed by atoms with Crippen LogP contribution in [0.15, 0.2) is 40.3 Å². The summed E-state index contributed by atoms with van der Waals surface area (Å²) in [6.07, 6.45) is 0. The molecule has 1 saturated heterocycles. The fourth-order valence-corrected chi connectivity index (χ4v) is 5.04. The van der Waals surface area contributed by atoms with Crippen LogP contribution in [0.2, 0.25) is 0 Å². The highest BCUT2D eigenvalue weighted by Gasteiger charge is 2.26. The zero-order valence-corrected chi connectivity index (χ0v) is 12.9. The first-order valence-electron chi connectivity index (χ1n) is 6.53. The molecular weight excluding hydrogens is 272 g/mol. The Balaban J connectivity index is 2.19. The molecule has 1 atom stereocenters. The van der Waals surface area contributed by atoms with Gasteiger partial charge in [0.05, 0.1) is 4.24 Å². The fourth-order valence-electron chi connectivity index (χ4n) is 2.09. The molecule has 2 rings (SSSR count). The Kier molecular flexibility index (Phi) is 5.24. The maximum Gasteiger partial charge on any atom is 0.136 e. The van der Waals surface area contributed by atoms with Crippen molar-refractivity contribution in [1.82, 2.24) is 4.90 Å². The highest BCUT2D eigenvalue weighted by atomic mass is 32.2. The summed E-state index contributed by atoms with van der Waals surface area (Å²) in [5, 5.41) is 9.87. The van der Waals surface area contributed by atoms with E-state index in [0.717, 1.165) is 24.5 Å². The van der Waals surface area contributed by atoms with E-state index in [1.54, 1.807) is 0 Å². The molecule has 1 aliphatic rings. The molecule has 19 heavy (non-hydrogen) atoms. The molecule has 0 N–H and O–H groups in total. The molecule has 0 saturated carbocycles. The van der Waals surface area contributed by atoms with Crippen molar-refractivity contribution in [1.29, 1.82) is 5.26 Å². The Morgan fingerprint density at radius 1 is 1.32 bits per heavy atom. The van der Waals surface area contributed by atoms with Crippen molar-refractivity contribution in [2.75, 3.05) is 18.8 Å². The minimum atomic E-state index is 0.472. The predicted molar refractivity (Wildman–Crippen MR) is 84.8 cm³/mol. The largest absolute Gasteiger partial charge is 0.362 e. The summed E-state index contributed by atoms with van der Waals surface area (Å²) >= 11 is 3.65. The van der Waals surface area contributed by atoms with Gasteiger partial charge in [-0.25, -0.2) is 0 Å². The average Bonchev–Trinajstić information content (AvgIpc) is 2.95. The molecule has 1 heterocycles. The predicted octanol–water partition coefficient (Wildman–Crippen LogP) is 4.24. The van der Waals surface area contributed by atoms with Crippen LogP contribution in [-0.2, 0) is 0 Å². The number of nitrogens with zero attached hydrogens (tertiary/aromatic N) is 2. The van der Waals surface area contributed by atoms with Crippen molar-refractivity contribution in [2.24, 2.45) is 0 Å². The second-order valence-electron chi connectivity index (χ2n) is 4.25. The monoisotopic (exact) mass is 290 g/mol. The van der Waals surface area contributed by atoms with Crippen LogP contribution in [0.4, 0.5) is 0 Å². The zero-order valence-electron chi connectivity index (χ0n) is 11.3. The number of hydrogen-bond donors (Lipinski definition) is 0. The van der Waals surface area contributed by atoms with E-state index >= 15 is 0 Å². The molecule has 4 heteroatoms. The molecule has 0 aromatic heterocycles. The third kappa shape index (κ3) is 3.29. The van der Waals surface area contributed by atoms with E-state index in [9.17, 15) is 5.26 Å². The van der Waals surface area contributed by atoms with Gasteiger partial charge in [-0.1, -0.05) is 30.3 Å². The SMILES string of the molecule is CCN(CC)/C(C#N)=C1\SC[C@@H](c2ccccc2)S1. The van der Waals surface area contributed by atoms with Crippen LogP contribution in [0.5, 0.6) is 0 Å². The van der Waals surface area contributed by atoms with Crippen LogP contribution >= 0.6 is 23.5 Å². The summed E-state index contributed by atoms with van der Waals surface area (Å²) < 4.78 is 1.18. The lowest BCUT2D eigenvalue weighted by molar-refractivity contribution is 0.397. The summed E-state index contributed by atoms with van der Waals surface area (Å²) in [7, 11) is 0. The fraction of sp³-hybridized carbons (Fsp3) is 0.400. The molecule has 2 nitrogen and oxygen atoms in total. The Hall–Kier alpha value is -1.05. The molecular formula is C15H18N2S2. The third-order valence-corrected chi connectivity index (χ3v) is 6.10. The summed E-state index contributed by atoms with van der Waals surface area (Å²) in [6.45, 7) is 5.97. The standard InChI is InChI=1S/C15H18N2S2/c1-3-17(4-2)13(10-16)15-18-11-14(19-15)12-8-6-5-7-9-12/h5-9,14H,3-4,11H2,1-2H3/b15-13+/t14-/m0/s1. The third-order valence-electron chi connectivity index (χ3n) is 3.17. The maximum absolute atomic E-state index is 9.40. The Morgan fingerprint density at radius 3 is 2.58 bits per heavy atom. The molecule has 1 aromatic rings. The number of nitriles is 1. The van der Waals surface area contributed by atoms with Gasteiger partial charge in [-0.2, -0.15) is 5.26 Å². The number of hydrogen-bond acceptors (Lipinski definition) is 4. The van der Waals surface area contributed by atoms with E-state index in [-0.39, 0.29) is 0 Å². The lowest BCUT2D eigenvalue weighted by atomic mass is 10.2. The van der Waals surface area contributed by atoms with E-state index in [1.165, 1.54) is 9.80 Å². The van der Waals surface area contributed by atoms with Crippen molar-refractivity contribution < 1.29 is 0 Å². The second-order valence-corrected chi connectivity index (χ2v) is 6.75. The van der Waals surface area contributed by atoms with Gasteiger partial charge in [0.1, 0.15) is 11.8 Å². The molecule has 100 valence electrons. The van der Waals surface area contributed by atoms with E-state index in [0.29, 0.717) is 5.25 Å². The molecule has 1 aliphatic heterocycles. The van der Waals surface area contributed by atoms with Gasteiger partial charge in [0.25, 0.3) is 0 Å². The quantitative estimate of drug-likeness (QED) is 0.775. The van der Waals surface area contributed by atoms with Crippen LogP contribution in [0.25, 0.3) is 0 Å². The van der Waals surface area contributed by atoms with E-state index in [2.05, 4.69) is 49.1 Å². The van der Waals surface area contributed by atoms with Crippen molar-refractivity contribution >= 4 is 23.5 Å². The van der Waals surface area contributed by atoms with Crippen LogP contribution in [-0.4, -0.2) is 23.7 Å². The maximum atomic E-state index is 9.40. The minimum absolute atomic E-state index is 0.472. The molecule has 0 aliphatic carbocycles.